The Hall–Kier alpha value is 0.110. The number of carbonyl (C=O) groups excluding carboxylic acids is 1. The van der Waals surface area contributed by atoms with E-state index in [9.17, 15) is 4.79 Å². The Bertz CT molecular complexity index is 130. The lowest BCUT2D eigenvalue weighted by Crippen LogP contribution is -2.19. The average molecular weight is 166 g/mol. The number of rotatable bonds is 1. The maximum atomic E-state index is 10.8. The molecule has 52 valence electrons. The molecule has 4 heteroatoms. The van der Waals surface area contributed by atoms with Crippen molar-refractivity contribution in [1.82, 2.24) is 4.90 Å². The first-order valence-corrected chi connectivity index (χ1v) is 4.13. The molecule has 0 N–H and O–H groups in total. The summed E-state index contributed by atoms with van der Waals surface area (Å²) >= 11 is 6.87. The van der Waals surface area contributed by atoms with Crippen molar-refractivity contribution in [3.63, 3.8) is 0 Å². The van der Waals surface area contributed by atoms with E-state index in [4.69, 9.17) is 11.6 Å². The van der Waals surface area contributed by atoms with Crippen LogP contribution >= 0.6 is 23.4 Å². The Kier molecular flexibility index (Phi) is 2.24. The number of halogens is 1. The van der Waals surface area contributed by atoms with Gasteiger partial charge < -0.3 is 4.90 Å². The lowest BCUT2D eigenvalue weighted by atomic mass is 10.4. The van der Waals surface area contributed by atoms with Crippen LogP contribution in [0.2, 0.25) is 0 Å². The van der Waals surface area contributed by atoms with Crippen LogP contribution in [-0.2, 0) is 0 Å². The van der Waals surface area contributed by atoms with Crippen molar-refractivity contribution in [2.24, 2.45) is 0 Å². The molecule has 0 aromatic rings. The van der Waals surface area contributed by atoms with E-state index in [-0.39, 0.29) is 5.24 Å². The summed E-state index contributed by atoms with van der Waals surface area (Å²) in [5.41, 5.74) is 0. The quantitative estimate of drug-likeness (QED) is 0.548. The van der Waals surface area contributed by atoms with Gasteiger partial charge in [0.1, 0.15) is 0 Å². The van der Waals surface area contributed by atoms with Crippen LogP contribution in [0.1, 0.15) is 0 Å². The zero-order valence-corrected chi connectivity index (χ0v) is 6.71. The van der Waals surface area contributed by atoms with E-state index < -0.39 is 0 Å². The molecule has 1 heterocycles. The molecule has 1 atom stereocenters. The molecule has 0 aliphatic carbocycles. The van der Waals surface area contributed by atoms with Gasteiger partial charge in [-0.05, 0) is 0 Å². The maximum Gasteiger partial charge on any atom is 0.281 e. The predicted octanol–water partition coefficient (Wildman–Crippen LogP) is 1.39. The fraction of sp³-hybridized carbons (Fsp3) is 0.800. The molecule has 0 aromatic heterocycles. The minimum absolute atomic E-state index is 0.139. The van der Waals surface area contributed by atoms with E-state index in [1.54, 1.807) is 11.9 Å². The lowest BCUT2D eigenvalue weighted by molar-refractivity contribution is 0.238. The van der Waals surface area contributed by atoms with Gasteiger partial charge in [0.2, 0.25) is 0 Å². The largest absolute Gasteiger partial charge is 0.335 e. The number of hydrogen-bond acceptors (Lipinski definition) is 2. The van der Waals surface area contributed by atoms with Gasteiger partial charge in [-0.25, -0.2) is 0 Å². The number of carbonyl (C=O) groups is 1. The Balaban J connectivity index is 2.44. The number of hydrogen-bond donors (Lipinski definition) is 0. The van der Waals surface area contributed by atoms with Gasteiger partial charge in [0.25, 0.3) is 5.24 Å². The second-order valence-electron chi connectivity index (χ2n) is 2.04. The van der Waals surface area contributed by atoms with E-state index in [2.05, 4.69) is 0 Å². The van der Waals surface area contributed by atoms with Crippen LogP contribution in [0.15, 0.2) is 0 Å². The van der Waals surface area contributed by atoms with Gasteiger partial charge in [-0.15, -0.1) is 11.6 Å². The van der Waals surface area contributed by atoms with Gasteiger partial charge in [-0.1, -0.05) is 11.8 Å². The molecule has 0 radical (unpaired) electrons. The summed E-state index contributed by atoms with van der Waals surface area (Å²) in [4.78, 5) is 12.5. The van der Waals surface area contributed by atoms with Crippen molar-refractivity contribution in [3.05, 3.63) is 0 Å². The third kappa shape index (κ3) is 1.52. The Labute approximate surface area is 63.5 Å². The molecule has 2 nitrogen and oxygen atoms in total. The second-order valence-corrected chi connectivity index (χ2v) is 3.60. The molecular formula is C5H8ClNOS. The van der Waals surface area contributed by atoms with E-state index in [1.165, 1.54) is 11.8 Å². The fourth-order valence-corrected chi connectivity index (χ4v) is 1.92. The summed E-state index contributed by atoms with van der Waals surface area (Å²) in [5.74, 6) is 0.570. The van der Waals surface area contributed by atoms with Crippen molar-refractivity contribution < 1.29 is 4.79 Å². The van der Waals surface area contributed by atoms with E-state index in [0.29, 0.717) is 11.1 Å². The summed E-state index contributed by atoms with van der Waals surface area (Å²) in [5, 5.41) is 0.449. The van der Waals surface area contributed by atoms with Crippen LogP contribution in [0.5, 0.6) is 0 Å². The average Bonchev–Trinajstić information content (AvgIpc) is 2.13. The number of alkyl halides is 1. The zero-order chi connectivity index (χ0) is 6.85. The van der Waals surface area contributed by atoms with Crippen LogP contribution in [0.25, 0.3) is 0 Å². The maximum absolute atomic E-state index is 10.8. The smallest absolute Gasteiger partial charge is 0.281 e. The SMILES string of the molecule is CN1CC(CCl)SC1=O. The second kappa shape index (κ2) is 2.80. The van der Waals surface area contributed by atoms with Crippen LogP contribution in [0.4, 0.5) is 4.79 Å². The molecule has 9 heavy (non-hydrogen) atoms. The van der Waals surface area contributed by atoms with Gasteiger partial charge in [-0.2, -0.15) is 0 Å². The van der Waals surface area contributed by atoms with E-state index in [0.717, 1.165) is 6.54 Å². The minimum atomic E-state index is 0.139. The number of thioether (sulfide) groups is 1. The lowest BCUT2D eigenvalue weighted by Gasteiger charge is -2.04. The monoisotopic (exact) mass is 165 g/mol. The van der Waals surface area contributed by atoms with Crippen molar-refractivity contribution in [2.75, 3.05) is 19.5 Å². The Morgan fingerprint density at radius 3 is 2.89 bits per heavy atom. The van der Waals surface area contributed by atoms with Crippen LogP contribution in [-0.4, -0.2) is 34.9 Å². The van der Waals surface area contributed by atoms with Crippen molar-refractivity contribution in [2.45, 2.75) is 5.25 Å². The molecular weight excluding hydrogens is 158 g/mol. The van der Waals surface area contributed by atoms with Crippen LogP contribution in [0, 0.1) is 0 Å². The van der Waals surface area contributed by atoms with Crippen LogP contribution < -0.4 is 0 Å². The molecule has 1 unspecified atom stereocenters. The standard InChI is InChI=1S/C5H8ClNOS/c1-7-3-4(2-6)9-5(7)8/h4H,2-3H2,1H3. The van der Waals surface area contributed by atoms with Crippen molar-refractivity contribution >= 4 is 28.6 Å². The molecule has 0 saturated carbocycles. The third-order valence-corrected chi connectivity index (χ3v) is 2.95. The highest BCUT2D eigenvalue weighted by Crippen LogP contribution is 2.24. The Morgan fingerprint density at radius 2 is 2.67 bits per heavy atom. The van der Waals surface area contributed by atoms with Gasteiger partial charge in [0, 0.05) is 24.7 Å². The van der Waals surface area contributed by atoms with Crippen molar-refractivity contribution in [3.8, 4) is 0 Å². The molecule has 0 spiro atoms. The fourth-order valence-electron chi connectivity index (χ4n) is 0.730. The summed E-state index contributed by atoms with van der Waals surface area (Å²) in [6, 6.07) is 0. The highest BCUT2D eigenvalue weighted by molar-refractivity contribution is 8.14. The molecule has 1 saturated heterocycles. The summed E-state index contributed by atoms with van der Waals surface area (Å²) in [6.07, 6.45) is 0. The molecule has 1 fully saturated rings. The van der Waals surface area contributed by atoms with Crippen LogP contribution in [0.3, 0.4) is 0 Å². The summed E-state index contributed by atoms with van der Waals surface area (Å²) in [6.45, 7) is 0.799. The first kappa shape index (κ1) is 7.22. The summed E-state index contributed by atoms with van der Waals surface area (Å²) < 4.78 is 0. The molecule has 0 bridgehead atoms. The van der Waals surface area contributed by atoms with E-state index in [1.807, 2.05) is 0 Å². The molecule has 1 aliphatic rings. The first-order valence-electron chi connectivity index (χ1n) is 2.71. The Morgan fingerprint density at radius 1 is 2.00 bits per heavy atom. The first-order chi connectivity index (χ1) is 4.24. The highest BCUT2D eigenvalue weighted by Gasteiger charge is 2.26. The van der Waals surface area contributed by atoms with Gasteiger partial charge in [-0.3, -0.25) is 4.79 Å². The van der Waals surface area contributed by atoms with Gasteiger partial charge in [0.15, 0.2) is 0 Å². The van der Waals surface area contributed by atoms with E-state index >= 15 is 0 Å². The number of amides is 1. The predicted molar refractivity (Wildman–Crippen MR) is 40.1 cm³/mol. The zero-order valence-electron chi connectivity index (χ0n) is 5.13. The summed E-state index contributed by atoms with van der Waals surface area (Å²) in [7, 11) is 1.79. The third-order valence-electron chi connectivity index (χ3n) is 1.23. The molecule has 0 aromatic carbocycles. The normalized spacial score (nSPS) is 27.6. The molecule has 1 amide bonds. The number of nitrogens with zero attached hydrogens (tertiary/aromatic N) is 1. The van der Waals surface area contributed by atoms with Crippen molar-refractivity contribution in [1.29, 1.82) is 0 Å². The highest BCUT2D eigenvalue weighted by atomic mass is 35.5. The minimum Gasteiger partial charge on any atom is -0.335 e. The van der Waals surface area contributed by atoms with Gasteiger partial charge in [0.05, 0.1) is 0 Å². The van der Waals surface area contributed by atoms with Gasteiger partial charge >= 0.3 is 0 Å². The topological polar surface area (TPSA) is 20.3 Å². The molecule has 1 rings (SSSR count). The molecule has 1 aliphatic heterocycles.